The lowest BCUT2D eigenvalue weighted by molar-refractivity contribution is 0.0660. The van der Waals surface area contributed by atoms with E-state index in [1.807, 2.05) is 11.0 Å². The number of hydrogen-bond acceptors (Lipinski definition) is 3. The summed E-state index contributed by atoms with van der Waals surface area (Å²) in [6, 6.07) is 19.3. The van der Waals surface area contributed by atoms with Crippen LogP contribution in [0.4, 0.5) is 4.79 Å². The molecular formula is C28H39NO3. The quantitative estimate of drug-likeness (QED) is 0.342. The van der Waals surface area contributed by atoms with Crippen molar-refractivity contribution in [2.75, 3.05) is 19.8 Å². The highest BCUT2D eigenvalue weighted by Crippen LogP contribution is 2.24. The van der Waals surface area contributed by atoms with Crippen molar-refractivity contribution in [1.82, 2.24) is 4.90 Å². The van der Waals surface area contributed by atoms with Gasteiger partial charge in [0.25, 0.3) is 0 Å². The van der Waals surface area contributed by atoms with Crippen molar-refractivity contribution < 1.29 is 14.3 Å². The summed E-state index contributed by atoms with van der Waals surface area (Å²) in [5, 5.41) is 0. The fraction of sp³-hybridized carbons (Fsp3) is 0.536. The first kappa shape index (κ1) is 24.2. The van der Waals surface area contributed by atoms with E-state index in [-0.39, 0.29) is 12.1 Å². The first-order valence-electron chi connectivity index (χ1n) is 12.5. The molecule has 1 unspecified atom stereocenters. The van der Waals surface area contributed by atoms with Crippen molar-refractivity contribution in [2.24, 2.45) is 0 Å². The molecule has 0 saturated carbocycles. The Balaban J connectivity index is 1.44. The molecule has 1 heterocycles. The number of carbonyl (C=O) groups excluding carboxylic acids is 1. The van der Waals surface area contributed by atoms with Crippen molar-refractivity contribution in [3.05, 3.63) is 65.7 Å². The fourth-order valence-corrected chi connectivity index (χ4v) is 4.37. The lowest BCUT2D eigenvalue weighted by Crippen LogP contribution is -2.44. The Kier molecular flexibility index (Phi) is 10.4. The number of benzene rings is 2. The van der Waals surface area contributed by atoms with Gasteiger partial charge in [-0.25, -0.2) is 4.79 Å². The molecule has 1 aliphatic rings. The van der Waals surface area contributed by atoms with E-state index >= 15 is 0 Å². The predicted octanol–water partition coefficient (Wildman–Crippen LogP) is 6.81. The number of amides is 1. The van der Waals surface area contributed by atoms with Crippen LogP contribution in [0, 0.1) is 0 Å². The summed E-state index contributed by atoms with van der Waals surface area (Å²) in [4.78, 5) is 14.4. The molecule has 0 bridgehead atoms. The molecule has 0 radical (unpaired) electrons. The van der Waals surface area contributed by atoms with E-state index in [2.05, 4.69) is 55.5 Å². The number of hydrogen-bond donors (Lipinski definition) is 0. The number of unbranched alkanes of at least 4 members (excludes halogenated alkanes) is 2. The molecule has 1 fully saturated rings. The van der Waals surface area contributed by atoms with Gasteiger partial charge in [0.2, 0.25) is 0 Å². The fourth-order valence-electron chi connectivity index (χ4n) is 4.37. The highest BCUT2D eigenvalue weighted by Gasteiger charge is 2.27. The summed E-state index contributed by atoms with van der Waals surface area (Å²) < 4.78 is 11.7. The topological polar surface area (TPSA) is 38.8 Å². The Hall–Kier alpha value is -2.49. The zero-order chi connectivity index (χ0) is 22.4. The van der Waals surface area contributed by atoms with Crippen LogP contribution < -0.4 is 4.74 Å². The first-order valence-corrected chi connectivity index (χ1v) is 12.5. The summed E-state index contributed by atoms with van der Waals surface area (Å²) >= 11 is 0. The molecule has 1 aliphatic heterocycles. The number of aryl methyl sites for hydroxylation is 2. The molecule has 3 rings (SSSR count). The van der Waals surface area contributed by atoms with Gasteiger partial charge >= 0.3 is 6.09 Å². The minimum absolute atomic E-state index is 0.151. The largest absolute Gasteiger partial charge is 0.493 e. The lowest BCUT2D eigenvalue weighted by Gasteiger charge is -2.35. The molecule has 1 amide bonds. The summed E-state index contributed by atoms with van der Waals surface area (Å²) in [6.45, 7) is 4.06. The number of ether oxygens (including phenoxy) is 2. The maximum atomic E-state index is 12.5. The lowest BCUT2D eigenvalue weighted by atomic mass is 10.0. The molecule has 0 aliphatic carbocycles. The Morgan fingerprint density at radius 2 is 1.72 bits per heavy atom. The van der Waals surface area contributed by atoms with Gasteiger partial charge in [0.05, 0.1) is 13.2 Å². The first-order chi connectivity index (χ1) is 15.8. The maximum absolute atomic E-state index is 12.5. The van der Waals surface area contributed by atoms with Gasteiger partial charge in [0, 0.05) is 19.0 Å². The SMILES string of the molecule is CCCCOC(=O)N1CCCCC1CCOc1ccccc1CCCCc1ccccc1. The Morgan fingerprint density at radius 3 is 2.56 bits per heavy atom. The highest BCUT2D eigenvalue weighted by molar-refractivity contribution is 5.68. The maximum Gasteiger partial charge on any atom is 0.410 e. The van der Waals surface area contributed by atoms with Crippen LogP contribution in [0.15, 0.2) is 54.6 Å². The van der Waals surface area contributed by atoms with E-state index < -0.39 is 0 Å². The van der Waals surface area contributed by atoms with E-state index in [0.717, 1.165) is 63.7 Å². The van der Waals surface area contributed by atoms with E-state index in [1.165, 1.54) is 24.0 Å². The second-order valence-electron chi connectivity index (χ2n) is 8.75. The van der Waals surface area contributed by atoms with Gasteiger partial charge in [-0.1, -0.05) is 61.9 Å². The van der Waals surface area contributed by atoms with Crippen LogP contribution in [0.2, 0.25) is 0 Å². The molecule has 4 nitrogen and oxygen atoms in total. The molecule has 1 saturated heterocycles. The van der Waals surface area contributed by atoms with Crippen LogP contribution in [0.3, 0.4) is 0 Å². The van der Waals surface area contributed by atoms with Crippen molar-refractivity contribution in [3.8, 4) is 5.75 Å². The summed E-state index contributed by atoms with van der Waals surface area (Å²) in [5.74, 6) is 0.986. The normalized spacial score (nSPS) is 16.0. The van der Waals surface area contributed by atoms with Crippen molar-refractivity contribution in [1.29, 1.82) is 0 Å². The van der Waals surface area contributed by atoms with Crippen LogP contribution in [0.1, 0.15) is 69.4 Å². The van der Waals surface area contributed by atoms with E-state index in [9.17, 15) is 4.79 Å². The third-order valence-corrected chi connectivity index (χ3v) is 6.27. The molecular weight excluding hydrogens is 398 g/mol. The van der Waals surface area contributed by atoms with Gasteiger partial charge in [-0.2, -0.15) is 0 Å². The molecule has 0 aromatic heterocycles. The van der Waals surface area contributed by atoms with Crippen molar-refractivity contribution in [2.45, 2.75) is 77.2 Å². The number of para-hydroxylation sites is 1. The monoisotopic (exact) mass is 437 g/mol. The number of rotatable bonds is 12. The molecule has 2 aromatic rings. The molecule has 0 spiro atoms. The van der Waals surface area contributed by atoms with Gasteiger partial charge in [0.15, 0.2) is 0 Å². The number of nitrogens with zero attached hydrogens (tertiary/aromatic N) is 1. The highest BCUT2D eigenvalue weighted by atomic mass is 16.6. The summed E-state index contributed by atoms with van der Waals surface area (Å²) in [5.41, 5.74) is 2.68. The van der Waals surface area contributed by atoms with Crippen LogP contribution in [-0.2, 0) is 17.6 Å². The average molecular weight is 438 g/mol. The second-order valence-corrected chi connectivity index (χ2v) is 8.75. The van der Waals surface area contributed by atoms with Crippen molar-refractivity contribution in [3.63, 3.8) is 0 Å². The van der Waals surface area contributed by atoms with Crippen LogP contribution in [0.25, 0.3) is 0 Å². The zero-order valence-electron chi connectivity index (χ0n) is 19.6. The van der Waals surface area contributed by atoms with Crippen LogP contribution in [-0.4, -0.2) is 36.8 Å². The average Bonchev–Trinajstić information content (AvgIpc) is 2.84. The third kappa shape index (κ3) is 7.89. The molecule has 174 valence electrons. The summed E-state index contributed by atoms with van der Waals surface area (Å²) in [7, 11) is 0. The number of piperidine rings is 1. The number of carbonyl (C=O) groups is 1. The molecule has 32 heavy (non-hydrogen) atoms. The standard InChI is InChI=1S/C28H39NO3/c1-2-3-22-32-28(30)29-21-12-11-18-26(29)20-23-31-27-19-10-9-17-25(27)16-8-7-15-24-13-5-4-6-14-24/h4-6,9-10,13-14,17,19,26H,2-3,7-8,11-12,15-16,18,20-23H2,1H3. The molecule has 2 aromatic carbocycles. The zero-order valence-corrected chi connectivity index (χ0v) is 19.6. The van der Waals surface area contributed by atoms with Gasteiger partial charge < -0.3 is 14.4 Å². The minimum atomic E-state index is -0.151. The Bertz CT molecular complexity index is 792. The molecule has 4 heteroatoms. The summed E-state index contributed by atoms with van der Waals surface area (Å²) in [6.07, 6.45) is 10.4. The minimum Gasteiger partial charge on any atom is -0.493 e. The van der Waals surface area contributed by atoms with E-state index in [1.54, 1.807) is 0 Å². The van der Waals surface area contributed by atoms with Crippen molar-refractivity contribution >= 4 is 6.09 Å². The van der Waals surface area contributed by atoms with E-state index in [4.69, 9.17) is 9.47 Å². The second kappa shape index (κ2) is 13.8. The van der Waals surface area contributed by atoms with Gasteiger partial charge in [-0.3, -0.25) is 0 Å². The predicted molar refractivity (Wildman–Crippen MR) is 130 cm³/mol. The Labute approximate surface area is 193 Å². The molecule has 0 N–H and O–H groups in total. The van der Waals surface area contributed by atoms with Gasteiger partial charge in [-0.05, 0) is 68.6 Å². The third-order valence-electron chi connectivity index (χ3n) is 6.27. The van der Waals surface area contributed by atoms with E-state index in [0.29, 0.717) is 13.2 Å². The number of likely N-dealkylation sites (tertiary alicyclic amines) is 1. The van der Waals surface area contributed by atoms with Crippen LogP contribution >= 0.6 is 0 Å². The van der Waals surface area contributed by atoms with Gasteiger partial charge in [-0.15, -0.1) is 0 Å². The molecule has 1 atom stereocenters. The van der Waals surface area contributed by atoms with Crippen LogP contribution in [0.5, 0.6) is 5.75 Å². The Morgan fingerprint density at radius 1 is 0.938 bits per heavy atom. The van der Waals surface area contributed by atoms with Gasteiger partial charge in [0.1, 0.15) is 5.75 Å². The smallest absolute Gasteiger partial charge is 0.410 e.